The molecule has 3 amide bonds. The van der Waals surface area contributed by atoms with Crippen molar-refractivity contribution in [3.63, 3.8) is 0 Å². The van der Waals surface area contributed by atoms with E-state index >= 15 is 0 Å². The van der Waals surface area contributed by atoms with Crippen LogP contribution in [0, 0.1) is 0 Å². The number of amides is 3. The number of benzene rings is 4. The van der Waals surface area contributed by atoms with Crippen molar-refractivity contribution in [2.24, 2.45) is 0 Å². The van der Waals surface area contributed by atoms with Gasteiger partial charge < -0.3 is 15.8 Å². The summed E-state index contributed by atoms with van der Waals surface area (Å²) >= 11 is 0. The second kappa shape index (κ2) is 8.55. The predicted molar refractivity (Wildman–Crippen MR) is 129 cm³/mol. The molecule has 0 bridgehead atoms. The molecule has 0 atom stereocenters. The highest BCUT2D eigenvalue weighted by Crippen LogP contribution is 2.31. The van der Waals surface area contributed by atoms with E-state index in [1.54, 1.807) is 48.5 Å². The third-order valence-electron chi connectivity index (χ3n) is 5.37. The number of nitrogens with zero attached hydrogens (tertiary/aromatic N) is 1. The van der Waals surface area contributed by atoms with Crippen molar-refractivity contribution in [2.75, 3.05) is 16.0 Å². The summed E-state index contributed by atoms with van der Waals surface area (Å²) in [5.74, 6) is -0.0867. The molecule has 7 nitrogen and oxygen atoms in total. The summed E-state index contributed by atoms with van der Waals surface area (Å²) in [6, 6.07) is 27.2. The average molecular weight is 449 g/mol. The van der Waals surface area contributed by atoms with Crippen LogP contribution in [0.4, 0.5) is 17.1 Å². The van der Waals surface area contributed by atoms with Gasteiger partial charge in [-0.1, -0.05) is 24.3 Å². The van der Waals surface area contributed by atoms with Crippen molar-refractivity contribution in [1.29, 1.82) is 0 Å². The van der Waals surface area contributed by atoms with E-state index in [9.17, 15) is 14.4 Å². The number of ether oxygens (including phenoxy) is 1. The minimum Gasteiger partial charge on any atom is -0.457 e. The van der Waals surface area contributed by atoms with E-state index in [1.807, 2.05) is 30.3 Å². The maximum Gasteiger partial charge on any atom is 0.266 e. The number of hydrogen-bond acceptors (Lipinski definition) is 5. The van der Waals surface area contributed by atoms with Crippen molar-refractivity contribution in [3.05, 3.63) is 114 Å². The molecule has 0 fully saturated rings. The number of carbonyl (C=O) groups excluding carboxylic acids is 3. The maximum atomic E-state index is 13.1. The predicted octanol–water partition coefficient (Wildman–Crippen LogP) is 5.11. The Morgan fingerprint density at radius 3 is 2.18 bits per heavy atom. The molecular formula is C27H19N3O4. The fourth-order valence-corrected chi connectivity index (χ4v) is 3.72. The standard InChI is InChI=1S/C27H19N3O4/c28-18-5-4-6-19(16-18)29-25(31)17-9-14-23-24(15-17)27(33)30(26(23)32)20-10-12-22(13-11-20)34-21-7-2-1-3-8-21/h1-16H,28H2,(H,29,31). The summed E-state index contributed by atoms with van der Waals surface area (Å²) in [4.78, 5) is 39.8. The zero-order valence-corrected chi connectivity index (χ0v) is 17.9. The molecule has 1 aliphatic rings. The van der Waals surface area contributed by atoms with E-state index in [0.717, 1.165) is 4.90 Å². The number of nitrogens with two attached hydrogens (primary N) is 1. The zero-order chi connectivity index (χ0) is 23.7. The fourth-order valence-electron chi connectivity index (χ4n) is 3.72. The molecule has 1 heterocycles. The molecule has 0 radical (unpaired) electrons. The van der Waals surface area contributed by atoms with Gasteiger partial charge in [-0.25, -0.2) is 4.90 Å². The molecule has 3 N–H and O–H groups in total. The number of nitrogen functional groups attached to an aromatic ring is 1. The van der Waals surface area contributed by atoms with Crippen molar-refractivity contribution in [2.45, 2.75) is 0 Å². The first-order valence-corrected chi connectivity index (χ1v) is 10.5. The van der Waals surface area contributed by atoms with Gasteiger partial charge in [-0.3, -0.25) is 14.4 Å². The van der Waals surface area contributed by atoms with Gasteiger partial charge in [-0.2, -0.15) is 0 Å². The number of rotatable bonds is 5. The van der Waals surface area contributed by atoms with Gasteiger partial charge in [0.1, 0.15) is 11.5 Å². The summed E-state index contributed by atoms with van der Waals surface area (Å²) in [6.07, 6.45) is 0. The number of carbonyl (C=O) groups is 3. The van der Waals surface area contributed by atoms with E-state index in [1.165, 1.54) is 18.2 Å². The molecule has 4 aromatic rings. The summed E-state index contributed by atoms with van der Waals surface area (Å²) in [6.45, 7) is 0. The van der Waals surface area contributed by atoms with Crippen LogP contribution in [0.25, 0.3) is 0 Å². The van der Waals surface area contributed by atoms with Crippen LogP contribution in [0.3, 0.4) is 0 Å². The molecular weight excluding hydrogens is 430 g/mol. The third kappa shape index (κ3) is 3.98. The quantitative estimate of drug-likeness (QED) is 0.325. The number of fused-ring (bicyclic) bond motifs is 1. The Kier molecular flexibility index (Phi) is 5.27. The highest BCUT2D eigenvalue weighted by Gasteiger charge is 2.37. The van der Waals surface area contributed by atoms with Gasteiger partial charge in [0.05, 0.1) is 16.8 Å². The van der Waals surface area contributed by atoms with Crippen LogP contribution in [0.2, 0.25) is 0 Å². The van der Waals surface area contributed by atoms with E-state index in [0.29, 0.717) is 28.6 Å². The van der Waals surface area contributed by atoms with Gasteiger partial charge in [0.15, 0.2) is 0 Å². The lowest BCUT2D eigenvalue weighted by Gasteiger charge is -2.14. The molecule has 0 spiro atoms. The Morgan fingerprint density at radius 2 is 1.44 bits per heavy atom. The van der Waals surface area contributed by atoms with Crippen molar-refractivity contribution in [1.82, 2.24) is 0 Å². The Hall–Kier alpha value is -4.91. The SMILES string of the molecule is Nc1cccc(NC(=O)c2ccc3c(c2)C(=O)N(c2ccc(Oc4ccccc4)cc2)C3=O)c1. The first-order chi connectivity index (χ1) is 16.5. The van der Waals surface area contributed by atoms with Crippen LogP contribution in [0.5, 0.6) is 11.5 Å². The van der Waals surface area contributed by atoms with Crippen LogP contribution < -0.4 is 20.7 Å². The van der Waals surface area contributed by atoms with Crippen molar-refractivity contribution >= 4 is 34.8 Å². The average Bonchev–Trinajstić information content (AvgIpc) is 3.10. The van der Waals surface area contributed by atoms with Crippen molar-refractivity contribution in [3.8, 4) is 11.5 Å². The number of anilines is 3. The van der Waals surface area contributed by atoms with Crippen LogP contribution in [0.15, 0.2) is 97.1 Å². The molecule has 0 saturated heterocycles. The Bertz CT molecular complexity index is 1420. The van der Waals surface area contributed by atoms with E-state index < -0.39 is 17.7 Å². The molecule has 1 aliphatic heterocycles. The highest BCUT2D eigenvalue weighted by atomic mass is 16.5. The molecule has 166 valence electrons. The van der Waals surface area contributed by atoms with Gasteiger partial charge >= 0.3 is 0 Å². The van der Waals surface area contributed by atoms with Crippen LogP contribution in [0.1, 0.15) is 31.1 Å². The second-order valence-corrected chi connectivity index (χ2v) is 7.69. The highest BCUT2D eigenvalue weighted by molar-refractivity contribution is 6.34. The van der Waals surface area contributed by atoms with Gasteiger partial charge in [0, 0.05) is 16.9 Å². The third-order valence-corrected chi connectivity index (χ3v) is 5.37. The number of nitrogens with one attached hydrogen (secondary N) is 1. The van der Waals surface area contributed by atoms with E-state index in [-0.39, 0.29) is 16.7 Å². The summed E-state index contributed by atoms with van der Waals surface area (Å²) in [7, 11) is 0. The first kappa shape index (κ1) is 21.0. The minimum atomic E-state index is -0.490. The van der Waals surface area contributed by atoms with Crippen LogP contribution >= 0.6 is 0 Å². The molecule has 7 heteroatoms. The van der Waals surface area contributed by atoms with Gasteiger partial charge in [0.2, 0.25) is 0 Å². The van der Waals surface area contributed by atoms with Gasteiger partial charge in [-0.05, 0) is 72.8 Å². The van der Waals surface area contributed by atoms with E-state index in [2.05, 4.69) is 5.32 Å². The lowest BCUT2D eigenvalue weighted by atomic mass is 10.1. The van der Waals surface area contributed by atoms with Gasteiger partial charge in [-0.15, -0.1) is 0 Å². The normalized spacial score (nSPS) is 12.4. The molecule has 0 aliphatic carbocycles. The largest absolute Gasteiger partial charge is 0.457 e. The minimum absolute atomic E-state index is 0.176. The number of para-hydroxylation sites is 1. The monoisotopic (exact) mass is 449 g/mol. The lowest BCUT2D eigenvalue weighted by molar-refractivity contribution is 0.0925. The van der Waals surface area contributed by atoms with E-state index in [4.69, 9.17) is 10.5 Å². The molecule has 5 rings (SSSR count). The van der Waals surface area contributed by atoms with Crippen LogP contribution in [-0.4, -0.2) is 17.7 Å². The summed E-state index contributed by atoms with van der Waals surface area (Å²) < 4.78 is 5.77. The topological polar surface area (TPSA) is 102 Å². The number of imide groups is 1. The molecule has 34 heavy (non-hydrogen) atoms. The molecule has 0 saturated carbocycles. The fraction of sp³-hybridized carbons (Fsp3) is 0. The lowest BCUT2D eigenvalue weighted by Crippen LogP contribution is -2.29. The Morgan fingerprint density at radius 1 is 0.735 bits per heavy atom. The molecule has 0 aromatic heterocycles. The first-order valence-electron chi connectivity index (χ1n) is 10.5. The Labute approximate surface area is 195 Å². The smallest absolute Gasteiger partial charge is 0.266 e. The van der Waals surface area contributed by atoms with Crippen molar-refractivity contribution < 1.29 is 19.1 Å². The molecule has 4 aromatic carbocycles. The second-order valence-electron chi connectivity index (χ2n) is 7.69. The maximum absolute atomic E-state index is 13.1. The number of hydrogen-bond donors (Lipinski definition) is 2. The molecule has 0 unspecified atom stereocenters. The summed E-state index contributed by atoms with van der Waals surface area (Å²) in [5.41, 5.74) is 7.90. The Balaban J connectivity index is 1.36. The zero-order valence-electron chi connectivity index (χ0n) is 17.9. The summed E-state index contributed by atoms with van der Waals surface area (Å²) in [5, 5.41) is 2.74. The van der Waals surface area contributed by atoms with Gasteiger partial charge in [0.25, 0.3) is 17.7 Å². The van der Waals surface area contributed by atoms with Crippen LogP contribution in [-0.2, 0) is 0 Å².